The summed E-state index contributed by atoms with van der Waals surface area (Å²) < 4.78 is 5.29. The molecule has 0 saturated heterocycles. The summed E-state index contributed by atoms with van der Waals surface area (Å²) in [5, 5.41) is 22.4. The molecule has 274 valence electrons. The van der Waals surface area contributed by atoms with E-state index in [2.05, 4.69) is 26.6 Å². The van der Waals surface area contributed by atoms with Crippen molar-refractivity contribution in [3.63, 3.8) is 0 Å². The zero-order valence-electron chi connectivity index (χ0n) is 28.9. The van der Waals surface area contributed by atoms with Crippen LogP contribution >= 0.6 is 0 Å². The van der Waals surface area contributed by atoms with E-state index in [9.17, 15) is 38.7 Å². The van der Waals surface area contributed by atoms with Crippen molar-refractivity contribution >= 4 is 41.5 Å². The molecular formula is C36H51N5O9. The molecule has 0 aromatic heterocycles. The van der Waals surface area contributed by atoms with Gasteiger partial charge in [-0.15, -0.1) is 0 Å². The Hall–Kier alpha value is -4.49. The fourth-order valence-corrected chi connectivity index (χ4v) is 6.20. The zero-order chi connectivity index (χ0) is 36.2. The van der Waals surface area contributed by atoms with E-state index in [4.69, 9.17) is 4.74 Å². The number of Topliss-reactive ketones (excluding diaryl/α,β-unsaturated/α-hetero) is 1. The third-order valence-electron chi connectivity index (χ3n) is 9.34. The number of aliphatic carboxylic acids is 1. The summed E-state index contributed by atoms with van der Waals surface area (Å²) in [4.78, 5) is 90.6. The number of rotatable bonds is 19. The predicted octanol–water partition coefficient (Wildman–Crippen LogP) is 2.51. The summed E-state index contributed by atoms with van der Waals surface area (Å²) >= 11 is 0. The minimum absolute atomic E-state index is 0.115. The van der Waals surface area contributed by atoms with Gasteiger partial charge in [-0.3, -0.25) is 24.0 Å². The molecular weight excluding hydrogens is 646 g/mol. The molecule has 5 amide bonds. The monoisotopic (exact) mass is 697 g/mol. The van der Waals surface area contributed by atoms with Crippen molar-refractivity contribution in [3.05, 3.63) is 35.9 Å². The first-order valence-corrected chi connectivity index (χ1v) is 17.8. The Morgan fingerprint density at radius 1 is 0.760 bits per heavy atom. The van der Waals surface area contributed by atoms with Crippen LogP contribution in [-0.4, -0.2) is 77.9 Å². The van der Waals surface area contributed by atoms with Crippen LogP contribution in [0.25, 0.3) is 0 Å². The number of carboxylic acids is 1. The second kappa shape index (κ2) is 18.5. The highest BCUT2D eigenvalue weighted by atomic mass is 16.5. The van der Waals surface area contributed by atoms with Crippen molar-refractivity contribution in [2.45, 2.75) is 109 Å². The summed E-state index contributed by atoms with van der Waals surface area (Å²) in [5.41, 5.74) is 0.336. The topological polar surface area (TPSA) is 209 Å². The first-order valence-electron chi connectivity index (χ1n) is 17.8. The van der Waals surface area contributed by atoms with Gasteiger partial charge in [-0.05, 0) is 54.9 Å². The average molecular weight is 698 g/mol. The van der Waals surface area contributed by atoms with Crippen LogP contribution in [0, 0.1) is 23.7 Å². The number of nitrogens with one attached hydrogen (secondary N) is 5. The number of benzene rings is 1. The van der Waals surface area contributed by atoms with Gasteiger partial charge >= 0.3 is 12.1 Å². The van der Waals surface area contributed by atoms with Crippen molar-refractivity contribution in [2.75, 3.05) is 13.2 Å². The van der Waals surface area contributed by atoms with Gasteiger partial charge in [0.05, 0.1) is 19.2 Å². The number of hydrogen-bond donors (Lipinski definition) is 6. The van der Waals surface area contributed by atoms with Gasteiger partial charge in [-0.2, -0.15) is 0 Å². The molecule has 3 saturated carbocycles. The standard InChI is InChI=1S/C36H51N5O9/c1-21(2)20-50-36(49)41-29(24-9-5-3-6-10-24)33(45)39-27(18-23-15-16-23)32(44)38-26(17-22-13-14-22)31(43)34(46)37-19-28(42)40-30(35(47)48)25-11-7-4-8-12-25/h4,7-8,11-12,21-24,26-27,29-30H,3,5-6,9-10,13-20H2,1-2H3,(H,37,46)(H,38,44)(H,39,45)(H,40,42)(H,41,49)(H,47,48)/t26-,27-,29-,30-/m0/s1. The number of carboxylic acid groups (broad SMARTS) is 1. The first kappa shape index (κ1) is 38.3. The summed E-state index contributed by atoms with van der Waals surface area (Å²) in [5.74, 6) is -4.90. The van der Waals surface area contributed by atoms with E-state index in [1.165, 1.54) is 0 Å². The van der Waals surface area contributed by atoms with Crippen LogP contribution < -0.4 is 26.6 Å². The Labute approximate surface area is 292 Å². The molecule has 3 fully saturated rings. The van der Waals surface area contributed by atoms with E-state index in [-0.39, 0.29) is 36.7 Å². The summed E-state index contributed by atoms with van der Waals surface area (Å²) in [6, 6.07) is 3.61. The van der Waals surface area contributed by atoms with E-state index >= 15 is 0 Å². The second-order valence-corrected chi connectivity index (χ2v) is 14.3. The normalized spacial score (nSPS) is 18.5. The molecule has 6 N–H and O–H groups in total. The van der Waals surface area contributed by atoms with Gasteiger partial charge in [0.2, 0.25) is 23.5 Å². The molecule has 3 aliphatic carbocycles. The quantitative estimate of drug-likeness (QED) is 0.117. The van der Waals surface area contributed by atoms with E-state index in [1.54, 1.807) is 30.3 Å². The Balaban J connectivity index is 1.38. The molecule has 1 aromatic carbocycles. The van der Waals surface area contributed by atoms with Gasteiger partial charge in [0, 0.05) is 0 Å². The smallest absolute Gasteiger partial charge is 0.407 e. The van der Waals surface area contributed by atoms with Crippen molar-refractivity contribution < 1.29 is 43.4 Å². The maximum atomic E-state index is 13.7. The fraction of sp³-hybridized carbons (Fsp3) is 0.639. The van der Waals surface area contributed by atoms with E-state index in [1.807, 2.05) is 13.8 Å². The number of ether oxygens (including phenoxy) is 1. The largest absolute Gasteiger partial charge is 0.479 e. The van der Waals surface area contributed by atoms with Crippen molar-refractivity contribution in [3.8, 4) is 0 Å². The molecule has 1 aromatic rings. The third kappa shape index (κ3) is 12.4. The van der Waals surface area contributed by atoms with Crippen molar-refractivity contribution in [2.24, 2.45) is 23.7 Å². The average Bonchev–Trinajstić information content (AvgIpc) is 4.04. The third-order valence-corrected chi connectivity index (χ3v) is 9.34. The molecule has 0 aliphatic heterocycles. The van der Waals surface area contributed by atoms with Gasteiger partial charge in [-0.1, -0.05) is 89.1 Å². The van der Waals surface area contributed by atoms with Gasteiger partial charge in [0.25, 0.3) is 5.91 Å². The molecule has 14 heteroatoms. The summed E-state index contributed by atoms with van der Waals surface area (Å²) in [6.07, 6.45) is 7.71. The van der Waals surface area contributed by atoms with Crippen LogP contribution in [0.15, 0.2) is 30.3 Å². The maximum absolute atomic E-state index is 13.7. The van der Waals surface area contributed by atoms with Gasteiger partial charge in [0.1, 0.15) is 12.1 Å². The maximum Gasteiger partial charge on any atom is 0.407 e. The Bertz CT molecular complexity index is 1370. The van der Waals surface area contributed by atoms with Crippen molar-refractivity contribution in [1.82, 2.24) is 26.6 Å². The first-order chi connectivity index (χ1) is 23.9. The van der Waals surface area contributed by atoms with E-state index in [0.717, 1.165) is 57.8 Å². The van der Waals surface area contributed by atoms with Crippen LogP contribution in [0.1, 0.15) is 96.1 Å². The molecule has 0 heterocycles. The number of carbonyl (C=O) groups is 7. The molecule has 3 aliphatic rings. The lowest BCUT2D eigenvalue weighted by atomic mass is 9.83. The zero-order valence-corrected chi connectivity index (χ0v) is 28.9. The number of carbonyl (C=O) groups excluding carboxylic acids is 6. The van der Waals surface area contributed by atoms with Crippen molar-refractivity contribution in [1.29, 1.82) is 0 Å². The van der Waals surface area contributed by atoms with Crippen LogP contribution in [-0.2, 0) is 33.5 Å². The lowest BCUT2D eigenvalue weighted by molar-refractivity contribution is -0.142. The molecule has 0 bridgehead atoms. The fourth-order valence-electron chi connectivity index (χ4n) is 6.20. The number of hydrogen-bond acceptors (Lipinski definition) is 8. The van der Waals surface area contributed by atoms with E-state index < -0.39 is 72.2 Å². The lowest BCUT2D eigenvalue weighted by Gasteiger charge is -2.31. The Morgan fingerprint density at radius 2 is 1.36 bits per heavy atom. The molecule has 14 nitrogen and oxygen atoms in total. The molecule has 4 atom stereocenters. The highest BCUT2D eigenvalue weighted by Gasteiger charge is 2.39. The molecule has 0 spiro atoms. The van der Waals surface area contributed by atoms with Crippen LogP contribution in [0.2, 0.25) is 0 Å². The molecule has 0 unspecified atom stereocenters. The Kier molecular flexibility index (Phi) is 14.2. The number of ketones is 1. The van der Waals surface area contributed by atoms with Gasteiger partial charge in [-0.25, -0.2) is 9.59 Å². The molecule has 0 radical (unpaired) electrons. The summed E-state index contributed by atoms with van der Waals surface area (Å²) in [6.45, 7) is 3.36. The van der Waals surface area contributed by atoms with Gasteiger partial charge < -0.3 is 36.4 Å². The van der Waals surface area contributed by atoms with Crippen LogP contribution in [0.4, 0.5) is 4.79 Å². The van der Waals surface area contributed by atoms with Gasteiger partial charge in [0.15, 0.2) is 6.04 Å². The lowest BCUT2D eigenvalue weighted by Crippen LogP contribution is -2.58. The molecule has 4 rings (SSSR count). The highest BCUT2D eigenvalue weighted by Crippen LogP contribution is 2.35. The van der Waals surface area contributed by atoms with E-state index in [0.29, 0.717) is 12.0 Å². The number of alkyl carbamates (subject to hydrolysis) is 1. The highest BCUT2D eigenvalue weighted by molar-refractivity contribution is 6.38. The SMILES string of the molecule is CC(C)COC(=O)N[C@H](C(=O)N[C@@H](CC1CC1)C(=O)N[C@@H](CC1CC1)C(=O)C(=O)NCC(=O)N[C@H](C(=O)O)c1ccccc1)C1CCCCC1. The number of amides is 5. The minimum Gasteiger partial charge on any atom is -0.479 e. The van der Waals surface area contributed by atoms with Crippen LogP contribution in [0.3, 0.4) is 0 Å². The van der Waals surface area contributed by atoms with Crippen LogP contribution in [0.5, 0.6) is 0 Å². The minimum atomic E-state index is -1.35. The summed E-state index contributed by atoms with van der Waals surface area (Å²) in [7, 11) is 0. The second-order valence-electron chi connectivity index (χ2n) is 14.3. The predicted molar refractivity (Wildman–Crippen MR) is 181 cm³/mol. The Morgan fingerprint density at radius 3 is 1.94 bits per heavy atom. The molecule has 50 heavy (non-hydrogen) atoms.